The predicted molar refractivity (Wildman–Crippen MR) is 90.7 cm³/mol. The molecule has 0 aromatic heterocycles. The van der Waals surface area contributed by atoms with Crippen molar-refractivity contribution in [3.8, 4) is 11.5 Å². The zero-order chi connectivity index (χ0) is 15.4. The Labute approximate surface area is 131 Å². The van der Waals surface area contributed by atoms with Crippen molar-refractivity contribution in [2.45, 2.75) is 20.0 Å². The second-order valence-corrected chi connectivity index (χ2v) is 5.56. The fraction of sp³-hybridized carbons (Fsp3) is 0.200. The third-order valence-electron chi connectivity index (χ3n) is 3.56. The minimum Gasteiger partial charge on any atom is -0.490 e. The molecule has 0 spiro atoms. The zero-order valence-corrected chi connectivity index (χ0v) is 13.0. The molecule has 3 rings (SSSR count). The molecule has 0 aliphatic rings. The van der Waals surface area contributed by atoms with Crippen LogP contribution in [0.3, 0.4) is 0 Å². The third kappa shape index (κ3) is 3.59. The summed E-state index contributed by atoms with van der Waals surface area (Å²) in [6, 6.07) is 22.5. The molecule has 1 unspecified atom stereocenters. The van der Waals surface area contributed by atoms with Crippen molar-refractivity contribution in [2.24, 2.45) is 0 Å². The van der Waals surface area contributed by atoms with E-state index in [1.54, 1.807) is 0 Å². The van der Waals surface area contributed by atoms with E-state index in [4.69, 9.17) is 9.47 Å². The van der Waals surface area contributed by atoms with Gasteiger partial charge < -0.3 is 9.47 Å². The van der Waals surface area contributed by atoms with Crippen LogP contribution in [-0.4, -0.2) is 12.7 Å². The molecule has 0 heterocycles. The number of rotatable bonds is 5. The van der Waals surface area contributed by atoms with Crippen LogP contribution in [0.15, 0.2) is 66.7 Å². The number of aryl methyl sites for hydroxylation is 1. The van der Waals surface area contributed by atoms with Gasteiger partial charge in [-0.2, -0.15) is 0 Å². The van der Waals surface area contributed by atoms with E-state index in [9.17, 15) is 0 Å². The molecule has 0 saturated carbocycles. The predicted octanol–water partition coefficient (Wildman–Crippen LogP) is 4.99. The van der Waals surface area contributed by atoms with Gasteiger partial charge in [-0.25, -0.2) is 0 Å². The first kappa shape index (κ1) is 14.5. The Morgan fingerprint density at radius 2 is 1.50 bits per heavy atom. The lowest BCUT2D eigenvalue weighted by molar-refractivity contribution is 0.143. The summed E-state index contributed by atoms with van der Waals surface area (Å²) < 4.78 is 11.7. The quantitative estimate of drug-likeness (QED) is 0.659. The smallest absolute Gasteiger partial charge is 0.130 e. The standard InChI is InChI=1S/C20H20O2/c1-15-7-10-19(11-8-15)21-14-16(2)22-20-12-9-17-5-3-4-6-18(17)13-20/h3-13,16H,14H2,1-2H3. The molecule has 0 saturated heterocycles. The third-order valence-corrected chi connectivity index (χ3v) is 3.56. The van der Waals surface area contributed by atoms with E-state index < -0.39 is 0 Å². The van der Waals surface area contributed by atoms with Crippen LogP contribution in [0.5, 0.6) is 11.5 Å². The van der Waals surface area contributed by atoms with Gasteiger partial charge in [-0.1, -0.05) is 48.0 Å². The fourth-order valence-corrected chi connectivity index (χ4v) is 2.36. The zero-order valence-electron chi connectivity index (χ0n) is 13.0. The first-order valence-corrected chi connectivity index (χ1v) is 7.55. The molecule has 3 aromatic rings. The van der Waals surface area contributed by atoms with E-state index in [1.165, 1.54) is 16.3 Å². The first-order valence-electron chi connectivity index (χ1n) is 7.55. The summed E-state index contributed by atoms with van der Waals surface area (Å²) >= 11 is 0. The summed E-state index contributed by atoms with van der Waals surface area (Å²) in [6.45, 7) is 4.61. The largest absolute Gasteiger partial charge is 0.490 e. The van der Waals surface area contributed by atoms with Gasteiger partial charge in [-0.3, -0.25) is 0 Å². The van der Waals surface area contributed by atoms with Gasteiger partial charge in [0, 0.05) is 0 Å². The van der Waals surface area contributed by atoms with Crippen LogP contribution in [0.1, 0.15) is 12.5 Å². The Kier molecular flexibility index (Phi) is 4.29. The second kappa shape index (κ2) is 6.52. The van der Waals surface area contributed by atoms with Crippen LogP contribution in [0.25, 0.3) is 10.8 Å². The molecule has 3 aromatic carbocycles. The highest BCUT2D eigenvalue weighted by atomic mass is 16.5. The fourth-order valence-electron chi connectivity index (χ4n) is 2.36. The number of fused-ring (bicyclic) bond motifs is 1. The molecule has 0 radical (unpaired) electrons. The molecule has 2 nitrogen and oxygen atoms in total. The lowest BCUT2D eigenvalue weighted by atomic mass is 10.1. The number of hydrogen-bond acceptors (Lipinski definition) is 2. The topological polar surface area (TPSA) is 18.5 Å². The van der Waals surface area contributed by atoms with E-state index in [0.29, 0.717) is 6.61 Å². The van der Waals surface area contributed by atoms with Gasteiger partial charge in [0.15, 0.2) is 0 Å². The summed E-state index contributed by atoms with van der Waals surface area (Å²) in [7, 11) is 0. The molecule has 2 heteroatoms. The van der Waals surface area contributed by atoms with Crippen LogP contribution >= 0.6 is 0 Å². The summed E-state index contributed by atoms with van der Waals surface area (Å²) in [4.78, 5) is 0. The van der Waals surface area contributed by atoms with Crippen molar-refractivity contribution in [1.29, 1.82) is 0 Å². The van der Waals surface area contributed by atoms with Crippen molar-refractivity contribution < 1.29 is 9.47 Å². The average Bonchev–Trinajstić information content (AvgIpc) is 2.54. The Bertz CT molecular complexity index is 747. The maximum Gasteiger partial charge on any atom is 0.130 e. The molecule has 112 valence electrons. The maximum atomic E-state index is 5.94. The number of benzene rings is 3. The van der Waals surface area contributed by atoms with Crippen molar-refractivity contribution in [2.75, 3.05) is 6.61 Å². The Hall–Kier alpha value is -2.48. The highest BCUT2D eigenvalue weighted by molar-refractivity contribution is 5.83. The highest BCUT2D eigenvalue weighted by Crippen LogP contribution is 2.21. The minimum absolute atomic E-state index is 0.0116. The SMILES string of the molecule is Cc1ccc(OCC(C)Oc2ccc3ccccc3c2)cc1. The van der Waals surface area contributed by atoms with Crippen molar-refractivity contribution >= 4 is 10.8 Å². The van der Waals surface area contributed by atoms with E-state index in [0.717, 1.165) is 11.5 Å². The second-order valence-electron chi connectivity index (χ2n) is 5.56. The van der Waals surface area contributed by atoms with Crippen molar-refractivity contribution in [3.05, 3.63) is 72.3 Å². The highest BCUT2D eigenvalue weighted by Gasteiger charge is 2.06. The first-order chi connectivity index (χ1) is 10.7. The van der Waals surface area contributed by atoms with Gasteiger partial charge in [-0.15, -0.1) is 0 Å². The van der Waals surface area contributed by atoms with Crippen LogP contribution < -0.4 is 9.47 Å². The number of hydrogen-bond donors (Lipinski definition) is 0. The Balaban J connectivity index is 1.60. The molecule has 0 fully saturated rings. The monoisotopic (exact) mass is 292 g/mol. The molecule has 22 heavy (non-hydrogen) atoms. The minimum atomic E-state index is -0.0116. The molecule has 0 N–H and O–H groups in total. The lowest BCUT2D eigenvalue weighted by Crippen LogP contribution is -2.21. The van der Waals surface area contributed by atoms with Crippen molar-refractivity contribution in [3.63, 3.8) is 0 Å². The van der Waals surface area contributed by atoms with Gasteiger partial charge in [0.1, 0.15) is 24.2 Å². The van der Waals surface area contributed by atoms with E-state index in [-0.39, 0.29) is 6.10 Å². The normalized spacial score (nSPS) is 12.1. The van der Waals surface area contributed by atoms with Crippen LogP contribution in [0, 0.1) is 6.92 Å². The Morgan fingerprint density at radius 1 is 0.818 bits per heavy atom. The molecule has 0 bridgehead atoms. The molecular formula is C20H20O2. The maximum absolute atomic E-state index is 5.94. The Morgan fingerprint density at radius 3 is 2.27 bits per heavy atom. The van der Waals surface area contributed by atoms with E-state index >= 15 is 0 Å². The van der Waals surface area contributed by atoms with Gasteiger partial charge in [-0.05, 0) is 48.9 Å². The number of ether oxygens (including phenoxy) is 2. The van der Waals surface area contributed by atoms with E-state index in [1.807, 2.05) is 49.4 Å². The van der Waals surface area contributed by atoms with Crippen LogP contribution in [0.4, 0.5) is 0 Å². The molecule has 0 aliphatic heterocycles. The molecular weight excluding hydrogens is 272 g/mol. The summed E-state index contributed by atoms with van der Waals surface area (Å²) in [5.41, 5.74) is 1.23. The van der Waals surface area contributed by atoms with Gasteiger partial charge >= 0.3 is 0 Å². The van der Waals surface area contributed by atoms with Crippen LogP contribution in [-0.2, 0) is 0 Å². The molecule has 0 amide bonds. The van der Waals surface area contributed by atoms with Crippen LogP contribution in [0.2, 0.25) is 0 Å². The summed E-state index contributed by atoms with van der Waals surface area (Å²) in [6.07, 6.45) is -0.0116. The van der Waals surface area contributed by atoms with Gasteiger partial charge in [0.25, 0.3) is 0 Å². The van der Waals surface area contributed by atoms with Gasteiger partial charge in [0.05, 0.1) is 0 Å². The van der Waals surface area contributed by atoms with E-state index in [2.05, 4.69) is 31.2 Å². The average molecular weight is 292 g/mol. The molecule has 0 aliphatic carbocycles. The van der Waals surface area contributed by atoms with Gasteiger partial charge in [0.2, 0.25) is 0 Å². The van der Waals surface area contributed by atoms with Crippen molar-refractivity contribution in [1.82, 2.24) is 0 Å². The molecule has 1 atom stereocenters. The lowest BCUT2D eigenvalue weighted by Gasteiger charge is -2.16. The summed E-state index contributed by atoms with van der Waals surface area (Å²) in [5, 5.41) is 2.41. The summed E-state index contributed by atoms with van der Waals surface area (Å²) in [5.74, 6) is 1.75.